The van der Waals surface area contributed by atoms with Crippen LogP contribution >= 0.6 is 0 Å². The number of benzene rings is 1. The summed E-state index contributed by atoms with van der Waals surface area (Å²) in [5.74, 6) is 0. The number of nitrogens with zero attached hydrogens (tertiary/aromatic N) is 1. The summed E-state index contributed by atoms with van der Waals surface area (Å²) < 4.78 is 0. The van der Waals surface area contributed by atoms with Crippen molar-refractivity contribution in [3.8, 4) is 0 Å². The Hall–Kier alpha value is -1.37. The monoisotopic (exact) mass is 185 g/mol. The standard InChI is InChI=1S/C13H15N/c1-9-4-6-12(10(2)8-9)13-7-5-11(3)14-13/h4,6-8H,5H2,1-3H3. The molecule has 0 atom stereocenters. The molecule has 0 aliphatic carbocycles. The van der Waals surface area contributed by atoms with Crippen molar-refractivity contribution in [3.05, 3.63) is 41.0 Å². The molecule has 1 nitrogen and oxygen atoms in total. The molecule has 0 bridgehead atoms. The summed E-state index contributed by atoms with van der Waals surface area (Å²) in [6.07, 6.45) is 3.20. The fraction of sp³-hybridized carbons (Fsp3) is 0.308. The van der Waals surface area contributed by atoms with Crippen LogP contribution in [-0.2, 0) is 0 Å². The molecule has 1 aliphatic heterocycles. The van der Waals surface area contributed by atoms with Gasteiger partial charge in [-0.1, -0.05) is 29.8 Å². The number of allylic oxidation sites excluding steroid dienone is 1. The smallest absolute Gasteiger partial charge is 0.0667 e. The van der Waals surface area contributed by atoms with Crippen LogP contribution in [0.5, 0.6) is 0 Å². The average molecular weight is 185 g/mol. The van der Waals surface area contributed by atoms with Crippen LogP contribution in [0.3, 0.4) is 0 Å². The van der Waals surface area contributed by atoms with Gasteiger partial charge in [0.15, 0.2) is 0 Å². The second-order valence-corrected chi connectivity index (χ2v) is 3.96. The van der Waals surface area contributed by atoms with Gasteiger partial charge in [0.2, 0.25) is 0 Å². The fourth-order valence-corrected chi connectivity index (χ4v) is 1.81. The van der Waals surface area contributed by atoms with Gasteiger partial charge in [0, 0.05) is 17.7 Å². The lowest BCUT2D eigenvalue weighted by atomic mass is 10.0. The second-order valence-electron chi connectivity index (χ2n) is 3.96. The van der Waals surface area contributed by atoms with Crippen LogP contribution in [0.1, 0.15) is 30.0 Å². The molecule has 0 N–H and O–H groups in total. The number of hydrogen-bond donors (Lipinski definition) is 0. The number of rotatable bonds is 1. The van der Waals surface area contributed by atoms with Crippen molar-refractivity contribution in [3.63, 3.8) is 0 Å². The first kappa shape index (κ1) is 9.20. The maximum absolute atomic E-state index is 4.53. The number of aliphatic imine (C=N–C) groups is 1. The van der Waals surface area contributed by atoms with Gasteiger partial charge >= 0.3 is 0 Å². The predicted molar refractivity (Wildman–Crippen MR) is 61.6 cm³/mol. The van der Waals surface area contributed by atoms with E-state index in [0.29, 0.717) is 0 Å². The van der Waals surface area contributed by atoms with E-state index in [9.17, 15) is 0 Å². The minimum Gasteiger partial charge on any atom is -0.257 e. The molecule has 0 spiro atoms. The Morgan fingerprint density at radius 3 is 2.50 bits per heavy atom. The molecule has 72 valence electrons. The summed E-state index contributed by atoms with van der Waals surface area (Å²) in [4.78, 5) is 4.53. The highest BCUT2D eigenvalue weighted by Crippen LogP contribution is 2.25. The molecule has 1 heterocycles. The van der Waals surface area contributed by atoms with Gasteiger partial charge < -0.3 is 0 Å². The third kappa shape index (κ3) is 1.63. The van der Waals surface area contributed by atoms with Gasteiger partial charge in [-0.05, 0) is 26.3 Å². The zero-order valence-electron chi connectivity index (χ0n) is 8.96. The maximum Gasteiger partial charge on any atom is 0.0667 e. The Bertz CT molecular complexity index is 425. The maximum atomic E-state index is 4.53. The summed E-state index contributed by atoms with van der Waals surface area (Å²) in [6, 6.07) is 6.52. The quantitative estimate of drug-likeness (QED) is 0.635. The first-order valence-electron chi connectivity index (χ1n) is 4.99. The van der Waals surface area contributed by atoms with Gasteiger partial charge in [0.05, 0.1) is 5.70 Å². The van der Waals surface area contributed by atoms with E-state index >= 15 is 0 Å². The van der Waals surface area contributed by atoms with E-state index in [1.54, 1.807) is 0 Å². The molecule has 0 saturated heterocycles. The van der Waals surface area contributed by atoms with Crippen LogP contribution in [0, 0.1) is 13.8 Å². The van der Waals surface area contributed by atoms with Crippen molar-refractivity contribution in [1.29, 1.82) is 0 Å². The van der Waals surface area contributed by atoms with Crippen LogP contribution in [0.4, 0.5) is 0 Å². The molecule has 1 heteroatoms. The molecule has 14 heavy (non-hydrogen) atoms. The van der Waals surface area contributed by atoms with E-state index in [1.165, 1.54) is 22.4 Å². The summed E-state index contributed by atoms with van der Waals surface area (Å²) in [5.41, 5.74) is 6.24. The molecule has 1 aromatic rings. The van der Waals surface area contributed by atoms with Gasteiger partial charge in [-0.2, -0.15) is 0 Å². The van der Waals surface area contributed by atoms with E-state index < -0.39 is 0 Å². The zero-order valence-corrected chi connectivity index (χ0v) is 8.96. The van der Waals surface area contributed by atoms with Gasteiger partial charge in [-0.25, -0.2) is 0 Å². The van der Waals surface area contributed by atoms with E-state index in [2.05, 4.69) is 50.0 Å². The van der Waals surface area contributed by atoms with Crippen molar-refractivity contribution in [2.75, 3.05) is 0 Å². The Morgan fingerprint density at radius 2 is 1.93 bits per heavy atom. The van der Waals surface area contributed by atoms with E-state index in [4.69, 9.17) is 0 Å². The minimum atomic E-state index is 1.00. The lowest BCUT2D eigenvalue weighted by Gasteiger charge is -2.05. The second kappa shape index (κ2) is 3.41. The van der Waals surface area contributed by atoms with Gasteiger partial charge in [-0.3, -0.25) is 4.99 Å². The molecule has 1 aliphatic rings. The van der Waals surface area contributed by atoms with E-state index in [0.717, 1.165) is 12.1 Å². The molecular weight excluding hydrogens is 170 g/mol. The van der Waals surface area contributed by atoms with Crippen LogP contribution < -0.4 is 0 Å². The SMILES string of the molecule is CC1=NC(c2ccc(C)cc2C)=CC1. The lowest BCUT2D eigenvalue weighted by molar-refractivity contribution is 1.34. The third-order valence-electron chi connectivity index (χ3n) is 2.56. The highest BCUT2D eigenvalue weighted by molar-refractivity contribution is 5.94. The number of aryl methyl sites for hydroxylation is 2. The first-order chi connectivity index (χ1) is 6.66. The van der Waals surface area contributed by atoms with Crippen molar-refractivity contribution in [2.45, 2.75) is 27.2 Å². The largest absolute Gasteiger partial charge is 0.257 e. The third-order valence-corrected chi connectivity index (χ3v) is 2.56. The van der Waals surface area contributed by atoms with Crippen LogP contribution in [0.15, 0.2) is 29.3 Å². The Morgan fingerprint density at radius 1 is 1.14 bits per heavy atom. The van der Waals surface area contributed by atoms with Crippen molar-refractivity contribution in [1.82, 2.24) is 0 Å². The van der Waals surface area contributed by atoms with Gasteiger partial charge in [-0.15, -0.1) is 0 Å². The molecule has 0 radical (unpaired) electrons. The summed E-state index contributed by atoms with van der Waals surface area (Å²) in [5, 5.41) is 0. The summed E-state index contributed by atoms with van der Waals surface area (Å²) in [7, 11) is 0. The lowest BCUT2D eigenvalue weighted by Crippen LogP contribution is -1.86. The van der Waals surface area contributed by atoms with Crippen LogP contribution in [0.25, 0.3) is 5.70 Å². The number of hydrogen-bond acceptors (Lipinski definition) is 1. The Labute approximate surface area is 85.2 Å². The molecule has 0 aromatic heterocycles. The Kier molecular flexibility index (Phi) is 2.24. The molecular formula is C13H15N. The molecule has 1 aromatic carbocycles. The summed E-state index contributed by atoms with van der Waals surface area (Å²) >= 11 is 0. The topological polar surface area (TPSA) is 12.4 Å². The van der Waals surface area contributed by atoms with Gasteiger partial charge in [0.25, 0.3) is 0 Å². The first-order valence-corrected chi connectivity index (χ1v) is 4.99. The molecule has 0 saturated carbocycles. The van der Waals surface area contributed by atoms with E-state index in [1.807, 2.05) is 0 Å². The predicted octanol–water partition coefficient (Wildman–Crippen LogP) is 3.51. The Balaban J connectivity index is 2.43. The van der Waals surface area contributed by atoms with Crippen molar-refractivity contribution >= 4 is 11.4 Å². The molecule has 0 unspecified atom stereocenters. The highest BCUT2D eigenvalue weighted by Gasteiger charge is 2.08. The normalized spacial score (nSPS) is 15.4. The minimum absolute atomic E-state index is 1.00. The zero-order chi connectivity index (χ0) is 10.1. The fourth-order valence-electron chi connectivity index (χ4n) is 1.81. The summed E-state index contributed by atoms with van der Waals surface area (Å²) in [6.45, 7) is 6.34. The van der Waals surface area contributed by atoms with Crippen LogP contribution in [-0.4, -0.2) is 5.71 Å². The van der Waals surface area contributed by atoms with E-state index in [-0.39, 0.29) is 0 Å². The van der Waals surface area contributed by atoms with Crippen molar-refractivity contribution < 1.29 is 0 Å². The molecule has 2 rings (SSSR count). The average Bonchev–Trinajstić information content (AvgIpc) is 2.51. The highest BCUT2D eigenvalue weighted by atomic mass is 14.8. The molecule has 0 amide bonds. The molecule has 0 fully saturated rings. The van der Waals surface area contributed by atoms with Crippen LogP contribution in [0.2, 0.25) is 0 Å². The van der Waals surface area contributed by atoms with Crippen molar-refractivity contribution in [2.24, 2.45) is 4.99 Å². The van der Waals surface area contributed by atoms with Gasteiger partial charge in [0.1, 0.15) is 0 Å².